The zero-order valence-electron chi connectivity index (χ0n) is 16.1. The predicted octanol–water partition coefficient (Wildman–Crippen LogP) is 3.14. The van der Waals surface area contributed by atoms with E-state index >= 15 is 0 Å². The second-order valence-electron chi connectivity index (χ2n) is 6.82. The molecule has 10 heteroatoms. The third-order valence-electron chi connectivity index (χ3n) is 5.18. The van der Waals surface area contributed by atoms with Crippen LogP contribution < -0.4 is 15.2 Å². The maximum Gasteiger partial charge on any atom is 0.419 e. The van der Waals surface area contributed by atoms with Crippen molar-refractivity contribution in [2.24, 2.45) is 5.73 Å². The SMILES string of the molecule is COc1cc(Oc2ccc(O)c(C3(C(N)=O)CCC(=O)N3C)c2)ccc1C(F)(F)F. The molecule has 2 amide bonds. The second kappa shape index (κ2) is 7.43. The van der Waals surface area contributed by atoms with Gasteiger partial charge in [0.2, 0.25) is 11.8 Å². The maximum absolute atomic E-state index is 13.0. The standard InChI is InChI=1S/C20H19F3N2O5/c1-25-17(27)7-8-19(25,18(24)28)14-9-11(4-6-15(14)26)30-12-3-5-13(20(21,22)23)16(10-12)29-2/h3-6,9-10,26H,7-8H2,1-2H3,(H2,24,28). The molecule has 7 nitrogen and oxygen atoms in total. The largest absolute Gasteiger partial charge is 0.508 e. The van der Waals surface area contributed by atoms with Crippen LogP contribution in [0.2, 0.25) is 0 Å². The van der Waals surface area contributed by atoms with Gasteiger partial charge < -0.3 is 25.2 Å². The van der Waals surface area contributed by atoms with E-state index in [9.17, 15) is 27.9 Å². The summed E-state index contributed by atoms with van der Waals surface area (Å²) in [6, 6.07) is 6.97. The van der Waals surface area contributed by atoms with Crippen molar-refractivity contribution >= 4 is 11.8 Å². The fraction of sp³-hybridized carbons (Fsp3) is 0.300. The van der Waals surface area contributed by atoms with E-state index in [-0.39, 0.29) is 41.6 Å². The minimum absolute atomic E-state index is 0.0421. The summed E-state index contributed by atoms with van der Waals surface area (Å²) in [5.41, 5.74) is 3.13. The number of carbonyl (C=O) groups is 2. The number of likely N-dealkylation sites (N-methyl/N-ethyl adjacent to an activating group) is 1. The summed E-state index contributed by atoms with van der Waals surface area (Å²) in [4.78, 5) is 25.5. The van der Waals surface area contributed by atoms with E-state index in [0.29, 0.717) is 0 Å². The van der Waals surface area contributed by atoms with Crippen LogP contribution in [-0.4, -0.2) is 36.0 Å². The number of phenolic OH excluding ortho intramolecular Hbond substituents is 1. The molecule has 160 valence electrons. The van der Waals surface area contributed by atoms with Gasteiger partial charge in [0.25, 0.3) is 0 Å². The van der Waals surface area contributed by atoms with Crippen molar-refractivity contribution in [1.82, 2.24) is 4.90 Å². The highest BCUT2D eigenvalue weighted by molar-refractivity contribution is 5.95. The van der Waals surface area contributed by atoms with Crippen LogP contribution in [0.3, 0.4) is 0 Å². The molecule has 3 N–H and O–H groups in total. The quantitative estimate of drug-likeness (QED) is 0.768. The minimum Gasteiger partial charge on any atom is -0.508 e. The Morgan fingerprint density at radius 1 is 1.20 bits per heavy atom. The van der Waals surface area contributed by atoms with Crippen LogP contribution in [0.5, 0.6) is 23.0 Å². The molecule has 0 radical (unpaired) electrons. The Hall–Kier alpha value is -3.43. The molecule has 3 rings (SSSR count). The number of carbonyl (C=O) groups excluding carboxylic acids is 2. The highest BCUT2D eigenvalue weighted by Gasteiger charge is 2.51. The van der Waals surface area contributed by atoms with E-state index in [4.69, 9.17) is 15.2 Å². The van der Waals surface area contributed by atoms with Crippen LogP contribution in [-0.2, 0) is 21.3 Å². The van der Waals surface area contributed by atoms with E-state index in [0.717, 1.165) is 25.3 Å². The number of alkyl halides is 3. The molecule has 0 spiro atoms. The number of nitrogens with two attached hydrogens (primary N) is 1. The lowest BCUT2D eigenvalue weighted by atomic mass is 9.85. The summed E-state index contributed by atoms with van der Waals surface area (Å²) in [6.07, 6.45) is -4.45. The minimum atomic E-state index is -4.59. The van der Waals surface area contributed by atoms with E-state index in [2.05, 4.69) is 0 Å². The summed E-state index contributed by atoms with van der Waals surface area (Å²) < 4.78 is 49.5. The summed E-state index contributed by atoms with van der Waals surface area (Å²) in [6.45, 7) is 0. The Morgan fingerprint density at radius 3 is 2.37 bits per heavy atom. The number of phenols is 1. The number of halogens is 3. The summed E-state index contributed by atoms with van der Waals surface area (Å²) in [7, 11) is 2.52. The third-order valence-corrected chi connectivity index (χ3v) is 5.18. The van der Waals surface area contributed by atoms with Gasteiger partial charge in [0.15, 0.2) is 5.54 Å². The Labute approximate surface area is 169 Å². The number of aromatic hydroxyl groups is 1. The molecule has 0 bridgehead atoms. The molecule has 30 heavy (non-hydrogen) atoms. The van der Waals surface area contributed by atoms with Gasteiger partial charge in [-0.3, -0.25) is 9.59 Å². The average Bonchev–Trinajstić information content (AvgIpc) is 2.98. The Kier molecular flexibility index (Phi) is 5.27. The van der Waals surface area contributed by atoms with Crippen molar-refractivity contribution in [3.8, 4) is 23.0 Å². The number of nitrogens with zero attached hydrogens (tertiary/aromatic N) is 1. The second-order valence-corrected chi connectivity index (χ2v) is 6.82. The first kappa shape index (κ1) is 21.3. The molecule has 1 atom stereocenters. The molecule has 1 heterocycles. The predicted molar refractivity (Wildman–Crippen MR) is 99.1 cm³/mol. The van der Waals surface area contributed by atoms with E-state index in [1.807, 2.05) is 0 Å². The summed E-state index contributed by atoms with van der Waals surface area (Å²) in [5, 5.41) is 10.3. The van der Waals surface area contributed by atoms with E-state index in [1.54, 1.807) is 0 Å². The normalized spacial score (nSPS) is 19.1. The van der Waals surface area contributed by atoms with Crippen molar-refractivity contribution in [2.45, 2.75) is 24.6 Å². The number of amides is 2. The van der Waals surface area contributed by atoms with Crippen LogP contribution in [0.1, 0.15) is 24.0 Å². The van der Waals surface area contributed by atoms with Crippen molar-refractivity contribution in [3.63, 3.8) is 0 Å². The number of hydrogen-bond acceptors (Lipinski definition) is 5. The molecular formula is C20H19F3N2O5. The van der Waals surface area contributed by atoms with E-state index in [1.165, 1.54) is 30.1 Å². The average molecular weight is 424 g/mol. The van der Waals surface area contributed by atoms with Crippen LogP contribution in [0.25, 0.3) is 0 Å². The fourth-order valence-electron chi connectivity index (χ4n) is 3.59. The number of methoxy groups -OCH3 is 1. The Balaban J connectivity index is 2.01. The molecule has 1 unspecified atom stereocenters. The van der Waals surface area contributed by atoms with Crippen molar-refractivity contribution in [3.05, 3.63) is 47.5 Å². The fourth-order valence-corrected chi connectivity index (χ4v) is 3.59. The summed E-state index contributed by atoms with van der Waals surface area (Å²) in [5.74, 6) is -1.66. The zero-order chi connectivity index (χ0) is 22.3. The number of rotatable bonds is 5. The monoisotopic (exact) mass is 424 g/mol. The highest BCUT2D eigenvalue weighted by atomic mass is 19.4. The van der Waals surface area contributed by atoms with Gasteiger partial charge in [-0.2, -0.15) is 13.2 Å². The van der Waals surface area contributed by atoms with Crippen molar-refractivity contribution in [1.29, 1.82) is 0 Å². The van der Waals surface area contributed by atoms with Gasteiger partial charge in [-0.15, -0.1) is 0 Å². The molecule has 1 fully saturated rings. The van der Waals surface area contributed by atoms with E-state index < -0.39 is 28.9 Å². The number of ether oxygens (including phenoxy) is 2. The molecule has 0 saturated carbocycles. The molecule has 1 saturated heterocycles. The van der Waals surface area contributed by atoms with Gasteiger partial charge in [0.1, 0.15) is 23.0 Å². The Bertz CT molecular complexity index is 1010. The molecule has 2 aromatic rings. The van der Waals surface area contributed by atoms with Crippen LogP contribution in [0, 0.1) is 0 Å². The Morgan fingerprint density at radius 2 is 1.83 bits per heavy atom. The summed E-state index contributed by atoms with van der Waals surface area (Å²) >= 11 is 0. The number of likely N-dealkylation sites (tertiary alicyclic amines) is 1. The van der Waals surface area contributed by atoms with Crippen LogP contribution in [0.15, 0.2) is 36.4 Å². The molecule has 0 aromatic heterocycles. The number of benzene rings is 2. The lowest BCUT2D eigenvalue weighted by molar-refractivity contribution is -0.138. The topological polar surface area (TPSA) is 102 Å². The molecule has 1 aliphatic rings. The number of primary amides is 1. The molecule has 1 aliphatic heterocycles. The van der Waals surface area contributed by atoms with Gasteiger partial charge >= 0.3 is 6.18 Å². The van der Waals surface area contributed by atoms with Crippen molar-refractivity contribution < 1.29 is 37.3 Å². The lowest BCUT2D eigenvalue weighted by Gasteiger charge is -2.34. The first-order chi connectivity index (χ1) is 14.0. The van der Waals surface area contributed by atoms with Gasteiger partial charge in [0, 0.05) is 25.1 Å². The van der Waals surface area contributed by atoms with Gasteiger partial charge in [-0.25, -0.2) is 0 Å². The first-order valence-electron chi connectivity index (χ1n) is 8.84. The van der Waals surface area contributed by atoms with Crippen LogP contribution in [0.4, 0.5) is 13.2 Å². The van der Waals surface area contributed by atoms with Gasteiger partial charge in [-0.05, 0) is 36.8 Å². The molecule has 2 aromatic carbocycles. The van der Waals surface area contributed by atoms with Crippen LogP contribution >= 0.6 is 0 Å². The lowest BCUT2D eigenvalue weighted by Crippen LogP contribution is -2.50. The number of hydrogen-bond donors (Lipinski definition) is 2. The third kappa shape index (κ3) is 3.49. The van der Waals surface area contributed by atoms with Crippen molar-refractivity contribution in [2.75, 3.05) is 14.2 Å². The maximum atomic E-state index is 13.0. The molecular weight excluding hydrogens is 405 g/mol. The van der Waals surface area contributed by atoms with Gasteiger partial charge in [0.05, 0.1) is 12.7 Å². The molecule has 0 aliphatic carbocycles. The van der Waals surface area contributed by atoms with Gasteiger partial charge in [-0.1, -0.05) is 0 Å². The highest BCUT2D eigenvalue weighted by Crippen LogP contribution is 2.44. The smallest absolute Gasteiger partial charge is 0.419 e. The first-order valence-corrected chi connectivity index (χ1v) is 8.84. The zero-order valence-corrected chi connectivity index (χ0v) is 16.1.